The van der Waals surface area contributed by atoms with Crippen LogP contribution in [0.15, 0.2) is 0 Å². The molecule has 1 heterocycles. The Morgan fingerprint density at radius 1 is 1.69 bits per heavy atom. The molecule has 1 fully saturated rings. The lowest BCUT2D eigenvalue weighted by Gasteiger charge is -2.23. The van der Waals surface area contributed by atoms with E-state index in [0.717, 1.165) is 25.1 Å². The molecule has 0 spiro atoms. The first-order chi connectivity index (χ1) is 6.29. The molecular weight excluding hydrogens is 184 g/mol. The van der Waals surface area contributed by atoms with E-state index in [4.69, 9.17) is 5.73 Å². The van der Waals surface area contributed by atoms with Crippen LogP contribution in [0.1, 0.15) is 19.3 Å². The zero-order valence-corrected chi connectivity index (χ0v) is 8.98. The van der Waals surface area contributed by atoms with E-state index in [2.05, 4.69) is 0 Å². The SMILES string of the molecule is CSCCC(=O)N1CCCC1CN. The molecule has 3 nitrogen and oxygen atoms in total. The van der Waals surface area contributed by atoms with Gasteiger partial charge in [0.1, 0.15) is 0 Å². The first-order valence-corrected chi connectivity index (χ1v) is 6.17. The number of hydrogen-bond acceptors (Lipinski definition) is 3. The molecule has 1 atom stereocenters. The Labute approximate surface area is 84.0 Å². The number of likely N-dealkylation sites (tertiary alicyclic amines) is 1. The summed E-state index contributed by atoms with van der Waals surface area (Å²) in [5, 5.41) is 0. The molecule has 4 heteroatoms. The van der Waals surface area contributed by atoms with Crippen molar-refractivity contribution < 1.29 is 4.79 Å². The predicted molar refractivity (Wildman–Crippen MR) is 56.8 cm³/mol. The lowest BCUT2D eigenvalue weighted by Crippen LogP contribution is -2.40. The van der Waals surface area contributed by atoms with Gasteiger partial charge in [0.05, 0.1) is 0 Å². The quantitative estimate of drug-likeness (QED) is 0.729. The van der Waals surface area contributed by atoms with E-state index in [1.807, 2.05) is 11.2 Å². The molecule has 2 N–H and O–H groups in total. The Morgan fingerprint density at radius 3 is 3.08 bits per heavy atom. The van der Waals surface area contributed by atoms with Gasteiger partial charge in [0.2, 0.25) is 5.91 Å². The molecule has 1 aliphatic heterocycles. The van der Waals surface area contributed by atoms with E-state index < -0.39 is 0 Å². The summed E-state index contributed by atoms with van der Waals surface area (Å²) in [6.07, 6.45) is 4.89. The summed E-state index contributed by atoms with van der Waals surface area (Å²) in [4.78, 5) is 13.6. The van der Waals surface area contributed by atoms with Gasteiger partial charge in [-0.2, -0.15) is 11.8 Å². The molecule has 1 unspecified atom stereocenters. The average molecular weight is 202 g/mol. The highest BCUT2D eigenvalue weighted by molar-refractivity contribution is 7.98. The minimum atomic E-state index is 0.280. The van der Waals surface area contributed by atoms with Crippen LogP contribution in [-0.4, -0.2) is 41.9 Å². The number of thioether (sulfide) groups is 1. The molecule has 1 rings (SSSR count). The van der Waals surface area contributed by atoms with Crippen LogP contribution < -0.4 is 5.73 Å². The summed E-state index contributed by atoms with van der Waals surface area (Å²) in [7, 11) is 0. The van der Waals surface area contributed by atoms with Crippen molar-refractivity contribution in [1.29, 1.82) is 0 Å². The van der Waals surface area contributed by atoms with Crippen molar-refractivity contribution in [2.24, 2.45) is 5.73 Å². The van der Waals surface area contributed by atoms with E-state index in [9.17, 15) is 4.79 Å². The van der Waals surface area contributed by atoms with Gasteiger partial charge >= 0.3 is 0 Å². The van der Waals surface area contributed by atoms with Gasteiger partial charge in [-0.25, -0.2) is 0 Å². The standard InChI is InChI=1S/C9H18N2OS/c1-13-6-4-9(12)11-5-2-3-8(11)7-10/h8H,2-7,10H2,1H3. The van der Waals surface area contributed by atoms with Crippen LogP contribution in [0.2, 0.25) is 0 Å². The van der Waals surface area contributed by atoms with Crippen LogP contribution in [0.25, 0.3) is 0 Å². The van der Waals surface area contributed by atoms with Crippen LogP contribution in [0.3, 0.4) is 0 Å². The molecule has 1 saturated heterocycles. The molecule has 0 aromatic heterocycles. The average Bonchev–Trinajstić information content (AvgIpc) is 2.61. The Kier molecular flexibility index (Phi) is 4.59. The lowest BCUT2D eigenvalue weighted by molar-refractivity contribution is -0.131. The van der Waals surface area contributed by atoms with Gasteiger partial charge in [-0.1, -0.05) is 0 Å². The normalized spacial score (nSPS) is 22.3. The highest BCUT2D eigenvalue weighted by atomic mass is 32.2. The van der Waals surface area contributed by atoms with Gasteiger partial charge in [-0.3, -0.25) is 4.79 Å². The first-order valence-electron chi connectivity index (χ1n) is 4.78. The Balaban J connectivity index is 2.36. The van der Waals surface area contributed by atoms with Gasteiger partial charge in [-0.15, -0.1) is 0 Å². The second kappa shape index (κ2) is 5.50. The minimum absolute atomic E-state index is 0.280. The maximum Gasteiger partial charge on any atom is 0.223 e. The minimum Gasteiger partial charge on any atom is -0.338 e. The van der Waals surface area contributed by atoms with E-state index in [-0.39, 0.29) is 5.91 Å². The third-order valence-corrected chi connectivity index (χ3v) is 3.10. The molecule has 0 saturated carbocycles. The number of carbonyl (C=O) groups is 1. The molecule has 76 valence electrons. The summed E-state index contributed by atoms with van der Waals surface area (Å²) in [5.41, 5.74) is 5.59. The first kappa shape index (κ1) is 10.9. The topological polar surface area (TPSA) is 46.3 Å². The zero-order valence-electron chi connectivity index (χ0n) is 8.16. The van der Waals surface area contributed by atoms with E-state index in [1.165, 1.54) is 0 Å². The second-order valence-corrected chi connectivity index (χ2v) is 4.35. The van der Waals surface area contributed by atoms with Crippen LogP contribution in [-0.2, 0) is 4.79 Å². The highest BCUT2D eigenvalue weighted by Gasteiger charge is 2.26. The van der Waals surface area contributed by atoms with Crippen LogP contribution in [0.5, 0.6) is 0 Å². The summed E-state index contributed by atoms with van der Waals surface area (Å²) < 4.78 is 0. The Hall–Kier alpha value is -0.220. The fourth-order valence-corrected chi connectivity index (χ4v) is 2.12. The zero-order chi connectivity index (χ0) is 9.68. The van der Waals surface area contributed by atoms with Crippen molar-refractivity contribution in [2.45, 2.75) is 25.3 Å². The smallest absolute Gasteiger partial charge is 0.223 e. The van der Waals surface area contributed by atoms with Crippen molar-refractivity contribution in [3.05, 3.63) is 0 Å². The van der Waals surface area contributed by atoms with Crippen LogP contribution in [0, 0.1) is 0 Å². The fourth-order valence-electron chi connectivity index (χ4n) is 1.74. The summed E-state index contributed by atoms with van der Waals surface area (Å²) in [6.45, 7) is 1.53. The monoisotopic (exact) mass is 202 g/mol. The number of carbonyl (C=O) groups excluding carboxylic acids is 1. The molecule has 0 bridgehead atoms. The molecule has 1 amide bonds. The third-order valence-electron chi connectivity index (χ3n) is 2.49. The molecule has 13 heavy (non-hydrogen) atoms. The number of amides is 1. The van der Waals surface area contributed by atoms with E-state index >= 15 is 0 Å². The van der Waals surface area contributed by atoms with Gasteiger partial charge in [0, 0.05) is 31.3 Å². The number of hydrogen-bond donors (Lipinski definition) is 1. The van der Waals surface area contributed by atoms with Crippen molar-refractivity contribution in [3.63, 3.8) is 0 Å². The largest absolute Gasteiger partial charge is 0.338 e. The van der Waals surface area contributed by atoms with Crippen LogP contribution >= 0.6 is 11.8 Å². The van der Waals surface area contributed by atoms with Crippen molar-refractivity contribution in [2.75, 3.05) is 25.1 Å². The molecule has 0 aliphatic carbocycles. The fraction of sp³-hybridized carbons (Fsp3) is 0.889. The van der Waals surface area contributed by atoms with E-state index in [0.29, 0.717) is 19.0 Å². The maximum atomic E-state index is 11.6. The maximum absolute atomic E-state index is 11.6. The van der Waals surface area contributed by atoms with Gasteiger partial charge in [0.25, 0.3) is 0 Å². The third kappa shape index (κ3) is 2.88. The second-order valence-electron chi connectivity index (χ2n) is 3.36. The number of nitrogens with zero attached hydrogens (tertiary/aromatic N) is 1. The molecular formula is C9H18N2OS. The Bertz CT molecular complexity index is 175. The molecule has 0 radical (unpaired) electrons. The van der Waals surface area contributed by atoms with Crippen molar-refractivity contribution in [1.82, 2.24) is 4.90 Å². The predicted octanol–water partition coefficient (Wildman–Crippen LogP) is 0.689. The van der Waals surface area contributed by atoms with Crippen molar-refractivity contribution in [3.8, 4) is 0 Å². The number of nitrogens with two attached hydrogens (primary N) is 1. The molecule has 1 aliphatic rings. The summed E-state index contributed by atoms with van der Waals surface area (Å²) >= 11 is 1.72. The van der Waals surface area contributed by atoms with Crippen molar-refractivity contribution >= 4 is 17.7 Å². The summed E-state index contributed by atoms with van der Waals surface area (Å²) in [6, 6.07) is 0.314. The number of rotatable bonds is 4. The van der Waals surface area contributed by atoms with Gasteiger partial charge < -0.3 is 10.6 Å². The lowest BCUT2D eigenvalue weighted by atomic mass is 10.2. The van der Waals surface area contributed by atoms with Gasteiger partial charge in [-0.05, 0) is 19.1 Å². The van der Waals surface area contributed by atoms with Gasteiger partial charge in [0.15, 0.2) is 0 Å². The van der Waals surface area contributed by atoms with Crippen LogP contribution in [0.4, 0.5) is 0 Å². The Morgan fingerprint density at radius 2 is 2.46 bits per heavy atom. The summed E-state index contributed by atoms with van der Waals surface area (Å²) in [5.74, 6) is 1.20. The highest BCUT2D eigenvalue weighted by Crippen LogP contribution is 2.17. The molecule has 0 aromatic carbocycles. The molecule has 0 aromatic rings. The van der Waals surface area contributed by atoms with E-state index in [1.54, 1.807) is 11.8 Å².